The first-order chi connectivity index (χ1) is 9.41. The maximum Gasteiger partial charge on any atom is 0.451 e. The average Bonchev–Trinajstić information content (AvgIpc) is 2.39. The molecule has 2 atom stereocenters. The van der Waals surface area contributed by atoms with E-state index in [1.807, 2.05) is 4.90 Å². The summed E-state index contributed by atoms with van der Waals surface area (Å²) < 4.78 is 50.6. The third-order valence-corrected chi connectivity index (χ3v) is 3.37. The van der Waals surface area contributed by atoms with Gasteiger partial charge < -0.3 is 5.73 Å². The summed E-state index contributed by atoms with van der Waals surface area (Å²) in [5.74, 6) is -1.18. The van der Waals surface area contributed by atoms with Gasteiger partial charge in [-0.15, -0.1) is 0 Å². The number of hydrogen-bond acceptors (Lipinski definition) is 4. The number of hydrogen-bond donors (Lipinski definition) is 1. The van der Waals surface area contributed by atoms with Crippen LogP contribution < -0.4 is 5.73 Å². The molecule has 2 N–H and O–H groups in total. The van der Waals surface area contributed by atoms with E-state index in [1.54, 1.807) is 0 Å². The van der Waals surface area contributed by atoms with Gasteiger partial charge in [0, 0.05) is 31.0 Å². The molecule has 1 aromatic rings. The van der Waals surface area contributed by atoms with Gasteiger partial charge >= 0.3 is 6.18 Å². The van der Waals surface area contributed by atoms with E-state index in [1.165, 1.54) is 0 Å². The maximum atomic E-state index is 13.4. The molecule has 1 saturated heterocycles. The van der Waals surface area contributed by atoms with Gasteiger partial charge in [0.05, 0.1) is 6.04 Å². The van der Waals surface area contributed by atoms with Crippen LogP contribution in [0.2, 0.25) is 0 Å². The topological polar surface area (TPSA) is 55.0 Å². The van der Waals surface area contributed by atoms with Crippen LogP contribution in [0.3, 0.4) is 0 Å². The molecule has 1 aliphatic heterocycles. The lowest BCUT2D eigenvalue weighted by molar-refractivity contribution is -0.145. The average molecular weight is 292 g/mol. The van der Waals surface area contributed by atoms with Crippen LogP contribution in [0.15, 0.2) is 12.4 Å². The lowest BCUT2D eigenvalue weighted by Gasteiger charge is -2.35. The number of halogens is 4. The Morgan fingerprint density at radius 3 is 2.50 bits per heavy atom. The predicted octanol–water partition coefficient (Wildman–Crippen LogP) is 1.93. The van der Waals surface area contributed by atoms with Crippen molar-refractivity contribution in [1.82, 2.24) is 14.9 Å². The van der Waals surface area contributed by atoms with Crippen molar-refractivity contribution in [2.24, 2.45) is 5.73 Å². The highest BCUT2D eigenvalue weighted by Crippen LogP contribution is 2.28. The van der Waals surface area contributed by atoms with Crippen LogP contribution in [0.4, 0.5) is 17.6 Å². The summed E-state index contributed by atoms with van der Waals surface area (Å²) in [5, 5.41) is 0. The van der Waals surface area contributed by atoms with Gasteiger partial charge in [0.15, 0.2) is 0 Å². The molecule has 1 fully saturated rings. The Balaban J connectivity index is 2.15. The highest BCUT2D eigenvalue weighted by Gasteiger charge is 2.35. The molecule has 1 aliphatic rings. The van der Waals surface area contributed by atoms with Gasteiger partial charge in [-0.3, -0.25) is 4.90 Å². The van der Waals surface area contributed by atoms with Crippen molar-refractivity contribution in [3.63, 3.8) is 0 Å². The van der Waals surface area contributed by atoms with Crippen LogP contribution in [-0.4, -0.2) is 40.7 Å². The second-order valence-corrected chi connectivity index (χ2v) is 4.82. The minimum Gasteiger partial charge on any atom is -0.329 e. The molecule has 0 aromatic carbocycles. The summed E-state index contributed by atoms with van der Waals surface area (Å²) in [6.45, 7) is 1.09. The fourth-order valence-corrected chi connectivity index (χ4v) is 2.39. The van der Waals surface area contributed by atoms with Crippen LogP contribution in [0.5, 0.6) is 0 Å². The molecule has 2 unspecified atom stereocenters. The van der Waals surface area contributed by atoms with E-state index in [0.717, 1.165) is 12.4 Å². The number of likely N-dealkylation sites (tertiary alicyclic amines) is 1. The maximum absolute atomic E-state index is 13.4. The Labute approximate surface area is 114 Å². The minimum atomic E-state index is -4.56. The van der Waals surface area contributed by atoms with Crippen LogP contribution in [0.25, 0.3) is 0 Å². The molecule has 0 bridgehead atoms. The number of nitrogens with two attached hydrogens (primary N) is 1. The Morgan fingerprint density at radius 2 is 2.00 bits per heavy atom. The SMILES string of the molecule is NCC(c1cnc(C(F)(F)F)nc1)N1CCCC(F)C1. The van der Waals surface area contributed by atoms with E-state index in [0.29, 0.717) is 24.9 Å². The third-order valence-electron chi connectivity index (χ3n) is 3.37. The first-order valence-corrected chi connectivity index (χ1v) is 6.39. The molecule has 2 heterocycles. The number of piperidine rings is 1. The van der Waals surface area contributed by atoms with Gasteiger partial charge in [-0.1, -0.05) is 0 Å². The van der Waals surface area contributed by atoms with Crippen molar-refractivity contribution in [1.29, 1.82) is 0 Å². The fraction of sp³-hybridized carbons (Fsp3) is 0.667. The minimum absolute atomic E-state index is 0.182. The van der Waals surface area contributed by atoms with Crippen molar-refractivity contribution in [2.45, 2.75) is 31.2 Å². The number of aromatic nitrogens is 2. The second kappa shape index (κ2) is 6.01. The summed E-state index contributed by atoms with van der Waals surface area (Å²) in [7, 11) is 0. The molecule has 1 aromatic heterocycles. The normalized spacial score (nSPS) is 22.8. The Kier molecular flexibility index (Phi) is 4.54. The lowest BCUT2D eigenvalue weighted by atomic mass is 10.0. The van der Waals surface area contributed by atoms with Crippen molar-refractivity contribution >= 4 is 0 Å². The number of rotatable bonds is 3. The molecule has 0 saturated carbocycles. The Bertz CT molecular complexity index is 434. The van der Waals surface area contributed by atoms with Crippen molar-refractivity contribution in [3.8, 4) is 0 Å². The fourth-order valence-electron chi connectivity index (χ4n) is 2.39. The summed E-state index contributed by atoms with van der Waals surface area (Å²) in [6, 6.07) is -0.351. The monoisotopic (exact) mass is 292 g/mol. The zero-order valence-corrected chi connectivity index (χ0v) is 10.8. The summed E-state index contributed by atoms with van der Waals surface area (Å²) >= 11 is 0. The molecule has 0 spiro atoms. The highest BCUT2D eigenvalue weighted by atomic mass is 19.4. The van der Waals surface area contributed by atoms with E-state index in [2.05, 4.69) is 9.97 Å². The second-order valence-electron chi connectivity index (χ2n) is 4.82. The molecule has 0 radical (unpaired) electrons. The quantitative estimate of drug-likeness (QED) is 0.865. The van der Waals surface area contributed by atoms with Crippen LogP contribution >= 0.6 is 0 Å². The number of nitrogens with zero attached hydrogens (tertiary/aromatic N) is 3. The van der Waals surface area contributed by atoms with Crippen molar-refractivity contribution in [2.75, 3.05) is 19.6 Å². The van der Waals surface area contributed by atoms with Gasteiger partial charge in [0.25, 0.3) is 0 Å². The van der Waals surface area contributed by atoms with E-state index in [4.69, 9.17) is 5.73 Å². The molecular formula is C12H16F4N4. The standard InChI is InChI=1S/C12H16F4N4/c13-9-2-1-3-20(7-9)10(4-17)8-5-18-11(19-6-8)12(14,15)16/h5-6,9-10H,1-4,7,17H2. The Hall–Kier alpha value is -1.28. The van der Waals surface area contributed by atoms with E-state index in [-0.39, 0.29) is 19.1 Å². The van der Waals surface area contributed by atoms with Gasteiger partial charge in [-0.05, 0) is 19.4 Å². The van der Waals surface area contributed by atoms with Gasteiger partial charge in [-0.2, -0.15) is 13.2 Å². The van der Waals surface area contributed by atoms with Gasteiger partial charge in [0.1, 0.15) is 6.17 Å². The predicted molar refractivity (Wildman–Crippen MR) is 64.5 cm³/mol. The molecule has 2 rings (SSSR count). The molecule has 4 nitrogen and oxygen atoms in total. The zero-order chi connectivity index (χ0) is 14.8. The van der Waals surface area contributed by atoms with Gasteiger partial charge in [-0.25, -0.2) is 14.4 Å². The van der Waals surface area contributed by atoms with Crippen LogP contribution in [0, 0.1) is 0 Å². The van der Waals surface area contributed by atoms with Gasteiger partial charge in [0.2, 0.25) is 5.82 Å². The lowest BCUT2D eigenvalue weighted by Crippen LogP contribution is -2.42. The van der Waals surface area contributed by atoms with E-state index >= 15 is 0 Å². The van der Waals surface area contributed by atoms with E-state index < -0.39 is 18.2 Å². The molecule has 8 heteroatoms. The van der Waals surface area contributed by atoms with Crippen molar-refractivity contribution < 1.29 is 17.6 Å². The molecule has 112 valence electrons. The van der Waals surface area contributed by atoms with Crippen molar-refractivity contribution in [3.05, 3.63) is 23.8 Å². The number of alkyl halides is 4. The highest BCUT2D eigenvalue weighted by molar-refractivity contribution is 5.13. The Morgan fingerprint density at radius 1 is 1.35 bits per heavy atom. The smallest absolute Gasteiger partial charge is 0.329 e. The summed E-state index contributed by atoms with van der Waals surface area (Å²) in [6.07, 6.45) is -2.03. The van der Waals surface area contributed by atoms with Crippen LogP contribution in [0.1, 0.15) is 30.3 Å². The third kappa shape index (κ3) is 3.43. The van der Waals surface area contributed by atoms with E-state index in [9.17, 15) is 17.6 Å². The summed E-state index contributed by atoms with van der Waals surface area (Å²) in [5.41, 5.74) is 6.14. The molecule has 0 aliphatic carbocycles. The molecular weight excluding hydrogens is 276 g/mol. The molecule has 0 amide bonds. The first kappa shape index (κ1) is 15.1. The van der Waals surface area contributed by atoms with Crippen LogP contribution in [-0.2, 0) is 6.18 Å². The first-order valence-electron chi connectivity index (χ1n) is 6.39. The molecule has 20 heavy (non-hydrogen) atoms. The zero-order valence-electron chi connectivity index (χ0n) is 10.8. The largest absolute Gasteiger partial charge is 0.451 e. The summed E-state index contributed by atoms with van der Waals surface area (Å²) in [4.78, 5) is 8.47.